The Morgan fingerprint density at radius 1 is 1.43 bits per heavy atom. The molecule has 0 aromatic carbocycles. The number of anilines is 1. The third-order valence-corrected chi connectivity index (χ3v) is 2.28. The topological polar surface area (TPSA) is 24.9 Å². The fourth-order valence-corrected chi connectivity index (χ4v) is 1.02. The summed E-state index contributed by atoms with van der Waals surface area (Å²) in [6.07, 6.45) is 0. The minimum atomic E-state index is -1.24. The zero-order valence-electron chi connectivity index (χ0n) is 9.13. The van der Waals surface area contributed by atoms with E-state index in [0.717, 1.165) is 11.5 Å². The van der Waals surface area contributed by atoms with Crippen molar-refractivity contribution in [1.29, 1.82) is 0 Å². The molecule has 0 spiro atoms. The van der Waals surface area contributed by atoms with Crippen molar-refractivity contribution in [2.75, 3.05) is 5.32 Å². The Labute approximate surface area is 84.6 Å². The van der Waals surface area contributed by atoms with Gasteiger partial charge in [-0.25, -0.2) is 9.37 Å². The molecule has 1 N–H and O–H groups in total. The van der Waals surface area contributed by atoms with Crippen molar-refractivity contribution in [3.8, 4) is 0 Å². The molecule has 2 nitrogen and oxygen atoms in total. The summed E-state index contributed by atoms with van der Waals surface area (Å²) in [6, 6.07) is 5.41. The van der Waals surface area contributed by atoms with Crippen LogP contribution in [0.5, 0.6) is 0 Å². The molecule has 14 heavy (non-hydrogen) atoms. The highest BCUT2D eigenvalue weighted by atomic mass is 19.1. The minimum absolute atomic E-state index is 0.253. The number of hydrogen-bond acceptors (Lipinski definition) is 2. The summed E-state index contributed by atoms with van der Waals surface area (Å²) in [7, 11) is 0. The third kappa shape index (κ3) is 2.98. The fourth-order valence-electron chi connectivity index (χ4n) is 1.02. The summed E-state index contributed by atoms with van der Waals surface area (Å²) in [5.41, 5.74) is -0.315. The van der Waals surface area contributed by atoms with Gasteiger partial charge in [0.15, 0.2) is 0 Å². The fraction of sp³-hybridized carbons (Fsp3) is 0.545. The van der Waals surface area contributed by atoms with Crippen molar-refractivity contribution in [2.24, 2.45) is 0 Å². The van der Waals surface area contributed by atoms with Crippen LogP contribution in [0.25, 0.3) is 0 Å². The molecule has 0 saturated heterocycles. The van der Waals surface area contributed by atoms with Crippen molar-refractivity contribution in [1.82, 2.24) is 4.98 Å². The van der Waals surface area contributed by atoms with Crippen LogP contribution in [0.3, 0.4) is 0 Å². The maximum Gasteiger partial charge on any atom is 0.126 e. The summed E-state index contributed by atoms with van der Waals surface area (Å²) in [6.45, 7) is 6.83. The van der Waals surface area contributed by atoms with E-state index in [0.29, 0.717) is 0 Å². The molecule has 0 aliphatic heterocycles. The Kier molecular flexibility index (Phi) is 3.09. The van der Waals surface area contributed by atoms with E-state index in [4.69, 9.17) is 0 Å². The van der Waals surface area contributed by atoms with Crippen molar-refractivity contribution < 1.29 is 4.39 Å². The van der Waals surface area contributed by atoms with Crippen molar-refractivity contribution in [2.45, 2.75) is 39.4 Å². The van der Waals surface area contributed by atoms with Gasteiger partial charge in [-0.2, -0.15) is 0 Å². The zero-order chi connectivity index (χ0) is 10.8. The van der Waals surface area contributed by atoms with Gasteiger partial charge in [-0.1, -0.05) is 6.07 Å². The molecule has 1 atom stereocenters. The first-order chi connectivity index (χ1) is 6.39. The summed E-state index contributed by atoms with van der Waals surface area (Å²) < 4.78 is 13.5. The van der Waals surface area contributed by atoms with Gasteiger partial charge in [0, 0.05) is 5.69 Å². The lowest BCUT2D eigenvalue weighted by atomic mass is 10.0. The lowest BCUT2D eigenvalue weighted by molar-refractivity contribution is 0.192. The lowest BCUT2D eigenvalue weighted by Crippen LogP contribution is -2.35. The van der Waals surface area contributed by atoms with Gasteiger partial charge >= 0.3 is 0 Å². The van der Waals surface area contributed by atoms with E-state index >= 15 is 0 Å². The molecule has 1 unspecified atom stereocenters. The molecule has 1 rings (SSSR count). The Hall–Kier alpha value is -1.12. The monoisotopic (exact) mass is 196 g/mol. The van der Waals surface area contributed by atoms with Crippen LogP contribution in [-0.2, 0) is 0 Å². The number of hydrogen-bond donors (Lipinski definition) is 1. The van der Waals surface area contributed by atoms with E-state index in [2.05, 4.69) is 10.3 Å². The smallest absolute Gasteiger partial charge is 0.126 e. The van der Waals surface area contributed by atoms with E-state index in [1.807, 2.05) is 32.0 Å². The van der Waals surface area contributed by atoms with Crippen molar-refractivity contribution in [3.05, 3.63) is 23.9 Å². The molecule has 0 aliphatic carbocycles. The Balaban J connectivity index is 2.70. The molecular formula is C11H17FN2. The molecule has 1 aromatic heterocycles. The lowest BCUT2D eigenvalue weighted by Gasteiger charge is -2.24. The van der Waals surface area contributed by atoms with Crippen LogP contribution >= 0.6 is 0 Å². The van der Waals surface area contributed by atoms with Crippen LogP contribution < -0.4 is 5.32 Å². The Morgan fingerprint density at radius 2 is 2.07 bits per heavy atom. The maximum absolute atomic E-state index is 13.5. The average molecular weight is 196 g/mol. The second-order valence-electron chi connectivity index (χ2n) is 4.09. The van der Waals surface area contributed by atoms with E-state index in [9.17, 15) is 4.39 Å². The minimum Gasteiger partial charge on any atom is -0.364 e. The molecule has 0 bridgehead atoms. The standard InChI is InChI=1S/C11H17FN2/c1-8-6-5-7-10(13-8)14-9(2)11(3,4)12/h5-7,9H,1-4H3,(H,13,14). The first kappa shape index (κ1) is 11.0. The first-order valence-electron chi connectivity index (χ1n) is 4.78. The highest BCUT2D eigenvalue weighted by molar-refractivity contribution is 5.36. The predicted molar refractivity (Wildman–Crippen MR) is 57.2 cm³/mol. The number of halogens is 1. The SMILES string of the molecule is Cc1cccc(NC(C)C(C)(C)F)n1. The third-order valence-electron chi connectivity index (χ3n) is 2.28. The molecule has 0 fully saturated rings. The quantitative estimate of drug-likeness (QED) is 0.804. The first-order valence-corrected chi connectivity index (χ1v) is 4.78. The number of nitrogens with zero attached hydrogens (tertiary/aromatic N) is 1. The van der Waals surface area contributed by atoms with E-state index in [1.165, 1.54) is 0 Å². The van der Waals surface area contributed by atoms with Crippen LogP contribution in [0.1, 0.15) is 26.5 Å². The molecule has 0 aliphatic rings. The molecule has 0 saturated carbocycles. The van der Waals surface area contributed by atoms with Crippen molar-refractivity contribution in [3.63, 3.8) is 0 Å². The van der Waals surface area contributed by atoms with Crippen LogP contribution in [0.2, 0.25) is 0 Å². The highest BCUT2D eigenvalue weighted by Gasteiger charge is 2.24. The Morgan fingerprint density at radius 3 is 2.57 bits per heavy atom. The van der Waals surface area contributed by atoms with Crippen LogP contribution in [0.4, 0.5) is 10.2 Å². The molecular weight excluding hydrogens is 179 g/mol. The summed E-state index contributed by atoms with van der Waals surface area (Å²) in [5, 5.41) is 3.04. The molecule has 3 heteroatoms. The van der Waals surface area contributed by atoms with E-state index < -0.39 is 5.67 Å². The van der Waals surface area contributed by atoms with E-state index in [1.54, 1.807) is 13.8 Å². The number of aromatic nitrogens is 1. The van der Waals surface area contributed by atoms with Gasteiger partial charge in [0.2, 0.25) is 0 Å². The van der Waals surface area contributed by atoms with Gasteiger partial charge in [0.05, 0.1) is 6.04 Å². The second kappa shape index (κ2) is 3.95. The van der Waals surface area contributed by atoms with Crippen molar-refractivity contribution >= 4 is 5.82 Å². The van der Waals surface area contributed by atoms with Gasteiger partial charge in [0.25, 0.3) is 0 Å². The van der Waals surface area contributed by atoms with Gasteiger partial charge in [0.1, 0.15) is 11.5 Å². The predicted octanol–water partition coefficient (Wildman–Crippen LogP) is 2.94. The van der Waals surface area contributed by atoms with Gasteiger partial charge in [-0.05, 0) is 39.8 Å². The molecule has 78 valence electrons. The number of rotatable bonds is 3. The normalized spacial score (nSPS) is 13.8. The van der Waals surface area contributed by atoms with Gasteiger partial charge in [-0.15, -0.1) is 0 Å². The van der Waals surface area contributed by atoms with Crippen LogP contribution in [0.15, 0.2) is 18.2 Å². The maximum atomic E-state index is 13.5. The number of pyridine rings is 1. The number of aryl methyl sites for hydroxylation is 1. The van der Waals surface area contributed by atoms with Crippen LogP contribution in [0, 0.1) is 6.92 Å². The van der Waals surface area contributed by atoms with E-state index in [-0.39, 0.29) is 6.04 Å². The molecule has 1 aromatic rings. The number of alkyl halides is 1. The summed E-state index contributed by atoms with van der Waals surface area (Å²) >= 11 is 0. The second-order valence-corrected chi connectivity index (χ2v) is 4.09. The molecule has 0 radical (unpaired) electrons. The zero-order valence-corrected chi connectivity index (χ0v) is 9.13. The van der Waals surface area contributed by atoms with Gasteiger partial charge < -0.3 is 5.32 Å². The average Bonchev–Trinajstić information content (AvgIpc) is 2.02. The van der Waals surface area contributed by atoms with Crippen LogP contribution in [-0.4, -0.2) is 16.7 Å². The highest BCUT2D eigenvalue weighted by Crippen LogP contribution is 2.17. The summed E-state index contributed by atoms with van der Waals surface area (Å²) in [4.78, 5) is 4.25. The largest absolute Gasteiger partial charge is 0.364 e. The molecule has 1 heterocycles. The molecule has 0 amide bonds. The van der Waals surface area contributed by atoms with Gasteiger partial charge in [-0.3, -0.25) is 0 Å². The number of nitrogens with one attached hydrogen (secondary N) is 1. The Bertz CT molecular complexity index is 304. The summed E-state index contributed by atoms with van der Waals surface area (Å²) in [5.74, 6) is 0.725.